The van der Waals surface area contributed by atoms with Gasteiger partial charge in [0, 0.05) is 27.0 Å². The number of benzene rings is 1. The van der Waals surface area contributed by atoms with E-state index in [0.717, 1.165) is 36.4 Å². The fourth-order valence-corrected chi connectivity index (χ4v) is 6.05. The molecule has 3 nitrogen and oxygen atoms in total. The molecular weight excluding hydrogens is 504 g/mol. The first-order chi connectivity index (χ1) is 14.5. The fourth-order valence-electron chi connectivity index (χ4n) is 4.81. The van der Waals surface area contributed by atoms with E-state index in [1.54, 1.807) is 0 Å². The molecule has 1 saturated carbocycles. The summed E-state index contributed by atoms with van der Waals surface area (Å²) in [7, 11) is 2.24. The van der Waals surface area contributed by atoms with Crippen molar-refractivity contribution in [3.05, 3.63) is 61.3 Å². The number of hydrogen-bond acceptors (Lipinski definition) is 3. The standard InChI is InChI=1S/C21H24Br2N2.C4H6O/c1-13-9-15-3-4-16-11-17(22)12-24-21(16)20(19(15)18(23)10-13)14-5-7-25(2)8-6-14;5-3-4-1-2-4/h9-12,14,20H,3-8H2,1-2H3;3-4H,1-2H2. The van der Waals surface area contributed by atoms with Crippen molar-refractivity contribution in [1.29, 1.82) is 0 Å². The van der Waals surface area contributed by atoms with Crippen molar-refractivity contribution >= 4 is 38.1 Å². The molecule has 1 unspecified atom stereocenters. The summed E-state index contributed by atoms with van der Waals surface area (Å²) in [5, 5.41) is 0. The molecule has 0 radical (unpaired) electrons. The van der Waals surface area contributed by atoms with E-state index >= 15 is 0 Å². The summed E-state index contributed by atoms with van der Waals surface area (Å²) < 4.78 is 2.36. The highest BCUT2D eigenvalue weighted by Crippen LogP contribution is 2.45. The number of fused-ring (bicyclic) bond motifs is 2. The Morgan fingerprint density at radius 2 is 1.73 bits per heavy atom. The van der Waals surface area contributed by atoms with Crippen LogP contribution in [0.4, 0.5) is 0 Å². The van der Waals surface area contributed by atoms with E-state index < -0.39 is 0 Å². The summed E-state index contributed by atoms with van der Waals surface area (Å²) in [6, 6.07) is 6.96. The van der Waals surface area contributed by atoms with Gasteiger partial charge >= 0.3 is 0 Å². The van der Waals surface area contributed by atoms with Gasteiger partial charge in [-0.25, -0.2) is 0 Å². The first-order valence-corrected chi connectivity index (χ1v) is 12.6. The number of carbonyl (C=O) groups is 1. The zero-order valence-corrected chi connectivity index (χ0v) is 21.0. The van der Waals surface area contributed by atoms with Crippen LogP contribution in [0.3, 0.4) is 0 Å². The first kappa shape index (κ1) is 22.2. The molecule has 5 heteroatoms. The van der Waals surface area contributed by atoms with Crippen LogP contribution >= 0.6 is 31.9 Å². The molecule has 2 aromatic rings. The minimum atomic E-state index is 0.407. The molecule has 2 heterocycles. The lowest BCUT2D eigenvalue weighted by atomic mass is 9.76. The third-order valence-electron chi connectivity index (χ3n) is 6.65. The van der Waals surface area contributed by atoms with Gasteiger partial charge in [-0.15, -0.1) is 0 Å². The number of hydrogen-bond donors (Lipinski definition) is 0. The van der Waals surface area contributed by atoms with Gasteiger partial charge in [-0.3, -0.25) is 4.98 Å². The maximum absolute atomic E-state index is 9.57. The van der Waals surface area contributed by atoms with Gasteiger partial charge < -0.3 is 9.69 Å². The largest absolute Gasteiger partial charge is 0.306 e. The second-order valence-electron chi connectivity index (χ2n) is 9.11. The van der Waals surface area contributed by atoms with Gasteiger partial charge in [0.15, 0.2) is 0 Å². The van der Waals surface area contributed by atoms with E-state index in [1.165, 1.54) is 58.4 Å². The highest BCUT2D eigenvalue weighted by molar-refractivity contribution is 9.10. The molecule has 30 heavy (non-hydrogen) atoms. The van der Waals surface area contributed by atoms with Crippen LogP contribution in [0.25, 0.3) is 0 Å². The van der Waals surface area contributed by atoms with Gasteiger partial charge in [-0.1, -0.05) is 22.0 Å². The Morgan fingerprint density at radius 1 is 1.03 bits per heavy atom. The molecule has 1 aromatic heterocycles. The molecule has 0 bridgehead atoms. The van der Waals surface area contributed by atoms with E-state index in [-0.39, 0.29) is 0 Å². The van der Waals surface area contributed by atoms with Crippen molar-refractivity contribution < 1.29 is 4.79 Å². The molecule has 0 amide bonds. The number of halogens is 2. The topological polar surface area (TPSA) is 33.2 Å². The van der Waals surface area contributed by atoms with Crippen molar-refractivity contribution in [1.82, 2.24) is 9.88 Å². The van der Waals surface area contributed by atoms with E-state index in [0.29, 0.717) is 17.8 Å². The van der Waals surface area contributed by atoms with Crippen molar-refractivity contribution in [3.8, 4) is 0 Å². The third-order valence-corrected chi connectivity index (χ3v) is 7.74. The second-order valence-corrected chi connectivity index (χ2v) is 10.9. The Balaban J connectivity index is 0.000000383. The van der Waals surface area contributed by atoms with Gasteiger partial charge in [-0.05, 0) is 122 Å². The molecule has 0 spiro atoms. The van der Waals surface area contributed by atoms with Crippen molar-refractivity contribution in [2.45, 2.75) is 51.4 Å². The number of aromatic nitrogens is 1. The average molecular weight is 534 g/mol. The Labute approximate surface area is 196 Å². The van der Waals surface area contributed by atoms with Crippen LogP contribution in [-0.2, 0) is 17.6 Å². The van der Waals surface area contributed by atoms with Crippen LogP contribution in [0.1, 0.15) is 59.5 Å². The molecule has 0 N–H and O–H groups in total. The summed E-state index contributed by atoms with van der Waals surface area (Å²) in [6.07, 6.45) is 9.97. The Kier molecular flexibility index (Phi) is 7.11. The highest BCUT2D eigenvalue weighted by atomic mass is 79.9. The summed E-state index contributed by atoms with van der Waals surface area (Å²) >= 11 is 7.53. The minimum absolute atomic E-state index is 0.407. The molecule has 1 aromatic carbocycles. The van der Waals surface area contributed by atoms with Gasteiger partial charge in [0.2, 0.25) is 0 Å². The average Bonchev–Trinajstić information content (AvgIpc) is 3.56. The predicted molar refractivity (Wildman–Crippen MR) is 129 cm³/mol. The van der Waals surface area contributed by atoms with Gasteiger partial charge in [-0.2, -0.15) is 0 Å². The van der Waals surface area contributed by atoms with Crippen molar-refractivity contribution in [3.63, 3.8) is 0 Å². The van der Waals surface area contributed by atoms with Crippen LogP contribution in [0.15, 0.2) is 33.3 Å². The van der Waals surface area contributed by atoms with Crippen molar-refractivity contribution in [2.75, 3.05) is 20.1 Å². The van der Waals surface area contributed by atoms with E-state index in [4.69, 9.17) is 4.98 Å². The van der Waals surface area contributed by atoms with Crippen LogP contribution in [0.2, 0.25) is 0 Å². The monoisotopic (exact) mass is 532 g/mol. The Bertz CT molecular complexity index is 918. The molecule has 5 rings (SSSR count). The predicted octanol–water partition coefficient (Wildman–Crippen LogP) is 6.08. The lowest BCUT2D eigenvalue weighted by Gasteiger charge is -2.35. The van der Waals surface area contributed by atoms with Crippen LogP contribution in [0.5, 0.6) is 0 Å². The van der Waals surface area contributed by atoms with E-state index in [9.17, 15) is 4.79 Å². The maximum atomic E-state index is 9.57. The Hall–Kier alpha value is -1.04. The Morgan fingerprint density at radius 3 is 2.37 bits per heavy atom. The number of aldehydes is 1. The summed E-state index contributed by atoms with van der Waals surface area (Å²) in [5.41, 5.74) is 7.06. The molecule has 1 atom stereocenters. The molecule has 1 saturated heterocycles. The number of pyridine rings is 1. The molecule has 2 fully saturated rings. The van der Waals surface area contributed by atoms with Gasteiger partial charge in [0.05, 0.1) is 5.69 Å². The quantitative estimate of drug-likeness (QED) is 0.438. The smallest absolute Gasteiger partial charge is 0.123 e. The lowest BCUT2D eigenvalue weighted by Crippen LogP contribution is -2.33. The molecule has 1 aliphatic heterocycles. The summed E-state index contributed by atoms with van der Waals surface area (Å²) in [4.78, 5) is 17.0. The van der Waals surface area contributed by atoms with E-state index in [1.807, 2.05) is 6.20 Å². The van der Waals surface area contributed by atoms with Crippen LogP contribution < -0.4 is 0 Å². The number of carbonyl (C=O) groups excluding carboxylic acids is 1. The maximum Gasteiger partial charge on any atom is 0.123 e. The zero-order chi connectivity index (χ0) is 21.3. The van der Waals surface area contributed by atoms with Gasteiger partial charge in [0.1, 0.15) is 6.29 Å². The zero-order valence-electron chi connectivity index (χ0n) is 17.8. The molecule has 160 valence electrons. The highest BCUT2D eigenvalue weighted by Gasteiger charge is 2.34. The SMILES string of the molecule is Cc1cc(Br)c2c(c1)CCc1cc(Br)cnc1C2C1CCN(C)CC1.O=CC1CC1. The second kappa shape index (κ2) is 9.62. The first-order valence-electron chi connectivity index (χ1n) is 11.0. The molecular formula is C25H30Br2N2O. The van der Waals surface area contributed by atoms with Crippen LogP contribution in [-0.4, -0.2) is 36.3 Å². The lowest BCUT2D eigenvalue weighted by molar-refractivity contribution is -0.108. The molecule has 3 aliphatic rings. The fraction of sp³-hybridized carbons (Fsp3) is 0.520. The van der Waals surface area contributed by atoms with Crippen molar-refractivity contribution in [2.24, 2.45) is 11.8 Å². The number of rotatable bonds is 2. The van der Waals surface area contributed by atoms with E-state index in [2.05, 4.69) is 68.9 Å². The molecule has 2 aliphatic carbocycles. The van der Waals surface area contributed by atoms with Crippen LogP contribution in [0, 0.1) is 18.8 Å². The number of piperidine rings is 1. The number of aryl methyl sites for hydroxylation is 3. The summed E-state index contributed by atoms with van der Waals surface area (Å²) in [6.45, 7) is 4.57. The minimum Gasteiger partial charge on any atom is -0.306 e. The third kappa shape index (κ3) is 5.05. The normalized spacial score (nSPS) is 21.7. The summed E-state index contributed by atoms with van der Waals surface area (Å²) in [5.74, 6) is 1.53. The number of likely N-dealkylation sites (tertiary alicyclic amines) is 1. The number of nitrogens with zero attached hydrogens (tertiary/aromatic N) is 2. The van der Waals surface area contributed by atoms with Gasteiger partial charge in [0.25, 0.3) is 0 Å².